The average molecular weight is 252 g/mol. The van der Waals surface area contributed by atoms with Gasteiger partial charge in [0.2, 0.25) is 0 Å². The van der Waals surface area contributed by atoms with E-state index in [1.807, 2.05) is 13.0 Å². The number of nitrogens with zero attached hydrogens (tertiary/aromatic N) is 2. The maximum Gasteiger partial charge on any atom is 0.306 e. The van der Waals surface area contributed by atoms with E-state index in [1.165, 1.54) is 7.11 Å². The van der Waals surface area contributed by atoms with E-state index < -0.39 is 0 Å². The smallest absolute Gasteiger partial charge is 0.306 e. The van der Waals surface area contributed by atoms with Crippen LogP contribution in [0.2, 0.25) is 0 Å². The summed E-state index contributed by atoms with van der Waals surface area (Å²) >= 11 is 0. The Morgan fingerprint density at radius 3 is 2.78 bits per heavy atom. The van der Waals surface area contributed by atoms with E-state index in [9.17, 15) is 9.59 Å². The summed E-state index contributed by atoms with van der Waals surface area (Å²) in [5, 5.41) is 0. The van der Waals surface area contributed by atoms with Crippen LogP contribution in [0.15, 0.2) is 29.2 Å². The van der Waals surface area contributed by atoms with Gasteiger partial charge in [0.1, 0.15) is 0 Å². The number of hydrogen-bond donors (Lipinski definition) is 0. The zero-order valence-electron chi connectivity index (χ0n) is 11.0. The Morgan fingerprint density at radius 1 is 1.39 bits per heavy atom. The zero-order chi connectivity index (χ0) is 13.4. The van der Waals surface area contributed by atoms with E-state index in [1.54, 1.807) is 22.9 Å². The lowest BCUT2D eigenvalue weighted by Crippen LogP contribution is -2.32. The van der Waals surface area contributed by atoms with E-state index in [4.69, 9.17) is 0 Å². The highest BCUT2D eigenvalue weighted by atomic mass is 16.5. The number of rotatable bonds is 7. The maximum atomic E-state index is 11.5. The fraction of sp³-hybridized carbons (Fsp3) is 0.538. The van der Waals surface area contributed by atoms with Crippen LogP contribution >= 0.6 is 0 Å². The first-order valence-electron chi connectivity index (χ1n) is 6.12. The van der Waals surface area contributed by atoms with E-state index in [0.717, 1.165) is 13.1 Å². The van der Waals surface area contributed by atoms with Crippen molar-refractivity contribution in [3.05, 3.63) is 34.7 Å². The van der Waals surface area contributed by atoms with Gasteiger partial charge >= 0.3 is 5.97 Å². The summed E-state index contributed by atoms with van der Waals surface area (Å²) < 4.78 is 6.27. The first-order chi connectivity index (χ1) is 8.67. The normalized spacial score (nSPS) is 10.6. The molecular weight excluding hydrogens is 232 g/mol. The van der Waals surface area contributed by atoms with Crippen molar-refractivity contribution in [3.8, 4) is 0 Å². The molecule has 18 heavy (non-hydrogen) atoms. The third-order valence-corrected chi connectivity index (χ3v) is 2.86. The van der Waals surface area contributed by atoms with Crippen LogP contribution in [-0.4, -0.2) is 42.2 Å². The van der Waals surface area contributed by atoms with Crippen molar-refractivity contribution < 1.29 is 9.53 Å². The van der Waals surface area contributed by atoms with Crippen LogP contribution in [-0.2, 0) is 16.1 Å². The second-order valence-corrected chi connectivity index (χ2v) is 3.99. The van der Waals surface area contributed by atoms with Crippen LogP contribution in [0, 0.1) is 0 Å². The average Bonchev–Trinajstić information content (AvgIpc) is 2.40. The first-order valence-corrected chi connectivity index (χ1v) is 6.12. The second-order valence-electron chi connectivity index (χ2n) is 3.99. The van der Waals surface area contributed by atoms with Crippen molar-refractivity contribution in [3.63, 3.8) is 0 Å². The monoisotopic (exact) mass is 252 g/mol. The third kappa shape index (κ3) is 4.71. The molecule has 0 aromatic carbocycles. The molecular formula is C13H20N2O3. The Labute approximate surface area is 107 Å². The molecule has 5 nitrogen and oxygen atoms in total. The van der Waals surface area contributed by atoms with Gasteiger partial charge in [0.15, 0.2) is 0 Å². The number of likely N-dealkylation sites (N-methyl/N-ethyl adjacent to an activating group) is 1. The van der Waals surface area contributed by atoms with Crippen molar-refractivity contribution in [2.45, 2.75) is 19.9 Å². The standard InChI is InChI=1S/C13H20N2O3/c1-3-14(9-7-13(17)18-2)10-11-15-8-5-4-6-12(15)16/h4-6,8H,3,7,9-11H2,1-2H3. The number of methoxy groups -OCH3 is 1. The van der Waals surface area contributed by atoms with Crippen LogP contribution in [0.4, 0.5) is 0 Å². The summed E-state index contributed by atoms with van der Waals surface area (Å²) in [6.45, 7) is 4.92. The Morgan fingerprint density at radius 2 is 2.17 bits per heavy atom. The predicted molar refractivity (Wildman–Crippen MR) is 69.4 cm³/mol. The number of hydrogen-bond acceptors (Lipinski definition) is 4. The molecule has 0 saturated heterocycles. The highest BCUT2D eigenvalue weighted by molar-refractivity contribution is 5.69. The highest BCUT2D eigenvalue weighted by Gasteiger charge is 2.06. The molecule has 0 spiro atoms. The van der Waals surface area contributed by atoms with Crippen molar-refractivity contribution in [1.82, 2.24) is 9.47 Å². The van der Waals surface area contributed by atoms with Crippen LogP contribution in [0.5, 0.6) is 0 Å². The van der Waals surface area contributed by atoms with Gasteiger partial charge < -0.3 is 14.2 Å². The highest BCUT2D eigenvalue weighted by Crippen LogP contribution is 1.94. The number of ether oxygens (including phenoxy) is 1. The number of carbonyl (C=O) groups excluding carboxylic acids is 1. The molecule has 0 saturated carbocycles. The molecule has 0 atom stereocenters. The van der Waals surface area contributed by atoms with Crippen molar-refractivity contribution in [2.24, 2.45) is 0 Å². The van der Waals surface area contributed by atoms with Crippen LogP contribution in [0.1, 0.15) is 13.3 Å². The summed E-state index contributed by atoms with van der Waals surface area (Å²) in [6.07, 6.45) is 2.16. The van der Waals surface area contributed by atoms with Crippen LogP contribution in [0.3, 0.4) is 0 Å². The topological polar surface area (TPSA) is 51.5 Å². The third-order valence-electron chi connectivity index (χ3n) is 2.86. The summed E-state index contributed by atoms with van der Waals surface area (Å²) in [4.78, 5) is 24.7. The molecule has 1 aromatic rings. The van der Waals surface area contributed by atoms with Gasteiger partial charge in [-0.15, -0.1) is 0 Å². The molecule has 5 heteroatoms. The quantitative estimate of drug-likeness (QED) is 0.671. The van der Waals surface area contributed by atoms with Gasteiger partial charge in [-0.05, 0) is 12.6 Å². The van der Waals surface area contributed by atoms with E-state index in [2.05, 4.69) is 9.64 Å². The summed E-state index contributed by atoms with van der Waals surface area (Å²) in [7, 11) is 1.39. The molecule has 0 unspecified atom stereocenters. The molecule has 0 aliphatic heterocycles. The SMILES string of the molecule is CCN(CCC(=O)OC)CCn1ccccc1=O. The molecule has 0 aliphatic carbocycles. The summed E-state index contributed by atoms with van der Waals surface area (Å²) in [6, 6.07) is 5.12. The molecule has 1 rings (SSSR count). The molecule has 0 aliphatic rings. The van der Waals surface area contributed by atoms with E-state index in [0.29, 0.717) is 19.5 Å². The van der Waals surface area contributed by atoms with Crippen molar-refractivity contribution in [1.29, 1.82) is 0 Å². The van der Waals surface area contributed by atoms with Crippen LogP contribution < -0.4 is 5.56 Å². The number of aromatic nitrogens is 1. The number of carbonyl (C=O) groups is 1. The van der Waals surface area contributed by atoms with Crippen molar-refractivity contribution >= 4 is 5.97 Å². The van der Waals surface area contributed by atoms with Gasteiger partial charge in [0.25, 0.3) is 5.56 Å². The lowest BCUT2D eigenvalue weighted by molar-refractivity contribution is -0.140. The Bertz CT molecular complexity index is 428. The second kappa shape index (κ2) is 7.66. The first kappa shape index (κ1) is 14.4. The van der Waals surface area contributed by atoms with E-state index in [-0.39, 0.29) is 11.5 Å². The fourth-order valence-corrected chi connectivity index (χ4v) is 1.67. The molecule has 1 aromatic heterocycles. The number of pyridine rings is 1. The van der Waals surface area contributed by atoms with Gasteiger partial charge in [0, 0.05) is 31.9 Å². The van der Waals surface area contributed by atoms with Gasteiger partial charge in [0.05, 0.1) is 13.5 Å². The molecule has 1 heterocycles. The molecule has 0 bridgehead atoms. The number of esters is 1. The zero-order valence-corrected chi connectivity index (χ0v) is 11.0. The van der Waals surface area contributed by atoms with Gasteiger partial charge in [-0.25, -0.2) is 0 Å². The van der Waals surface area contributed by atoms with Crippen LogP contribution in [0.25, 0.3) is 0 Å². The minimum absolute atomic E-state index is 0.00141. The lowest BCUT2D eigenvalue weighted by Gasteiger charge is -2.20. The lowest BCUT2D eigenvalue weighted by atomic mass is 10.3. The van der Waals surface area contributed by atoms with Gasteiger partial charge in [-0.1, -0.05) is 13.0 Å². The van der Waals surface area contributed by atoms with Crippen molar-refractivity contribution in [2.75, 3.05) is 26.7 Å². The van der Waals surface area contributed by atoms with Gasteiger partial charge in [-0.3, -0.25) is 9.59 Å². The van der Waals surface area contributed by atoms with E-state index >= 15 is 0 Å². The molecule has 0 radical (unpaired) electrons. The predicted octanol–water partition coefficient (Wildman–Crippen LogP) is 0.733. The summed E-state index contributed by atoms with van der Waals surface area (Å²) in [5.74, 6) is -0.203. The Hall–Kier alpha value is -1.62. The van der Waals surface area contributed by atoms with Gasteiger partial charge in [-0.2, -0.15) is 0 Å². The maximum absolute atomic E-state index is 11.5. The summed E-state index contributed by atoms with van der Waals surface area (Å²) in [5.41, 5.74) is 0.00141. The fourth-order valence-electron chi connectivity index (χ4n) is 1.67. The Kier molecular flexibility index (Phi) is 6.14. The minimum Gasteiger partial charge on any atom is -0.469 e. The largest absolute Gasteiger partial charge is 0.469 e. The molecule has 0 amide bonds. The Balaban J connectivity index is 2.42. The minimum atomic E-state index is -0.203. The molecule has 100 valence electrons. The molecule has 0 fully saturated rings. The molecule has 0 N–H and O–H groups in total.